The van der Waals surface area contributed by atoms with Crippen molar-refractivity contribution in [3.63, 3.8) is 0 Å². The first-order valence-corrected chi connectivity index (χ1v) is 6.26. The topological polar surface area (TPSA) is 20.3 Å². The highest BCUT2D eigenvalue weighted by molar-refractivity contribution is 5.97. The summed E-state index contributed by atoms with van der Waals surface area (Å²) in [5.41, 5.74) is 2.90. The molecule has 2 nitrogen and oxygen atoms in total. The number of allylic oxidation sites excluding steroid dienone is 1. The number of carbonyl (C=O) groups is 1. The average molecular weight is 245 g/mol. The van der Waals surface area contributed by atoms with Gasteiger partial charge >= 0.3 is 0 Å². The number of anilines is 1. The van der Waals surface area contributed by atoms with E-state index in [0.29, 0.717) is 0 Å². The van der Waals surface area contributed by atoms with Crippen LogP contribution in [0, 0.1) is 12.3 Å². The number of aryl methyl sites for hydroxylation is 1. The number of carbonyl (C=O) groups excluding carboxylic acids is 1. The van der Waals surface area contributed by atoms with Crippen LogP contribution in [0.25, 0.3) is 0 Å². The van der Waals surface area contributed by atoms with E-state index in [9.17, 15) is 4.79 Å². The number of benzene rings is 1. The third-order valence-electron chi connectivity index (χ3n) is 2.97. The Kier molecular flexibility index (Phi) is 4.33. The zero-order valence-corrected chi connectivity index (χ0v) is 12.1. The standard InChI is InChI=1S/C16H23NO/c1-7-9-13-11-8-10-12(2)14(13)17(6)15(18)16(3,4)5/h7-8,10-11H,1,9H2,2-6H3. The smallest absolute Gasteiger partial charge is 0.232 e. The molecule has 0 heterocycles. The van der Waals surface area contributed by atoms with Crippen molar-refractivity contribution >= 4 is 11.6 Å². The Hall–Kier alpha value is -1.57. The van der Waals surface area contributed by atoms with Gasteiger partial charge in [0, 0.05) is 18.2 Å². The maximum absolute atomic E-state index is 12.4. The van der Waals surface area contributed by atoms with Gasteiger partial charge in [-0.1, -0.05) is 45.0 Å². The highest BCUT2D eigenvalue weighted by atomic mass is 16.2. The predicted octanol–water partition coefficient (Wildman–Crippen LogP) is 3.73. The number of nitrogens with zero attached hydrogens (tertiary/aromatic N) is 1. The number of hydrogen-bond acceptors (Lipinski definition) is 1. The average Bonchev–Trinajstić information content (AvgIpc) is 2.26. The van der Waals surface area contributed by atoms with Crippen molar-refractivity contribution < 1.29 is 4.79 Å². The third-order valence-corrected chi connectivity index (χ3v) is 2.97. The molecule has 0 aliphatic heterocycles. The summed E-state index contributed by atoms with van der Waals surface area (Å²) in [4.78, 5) is 14.1. The van der Waals surface area contributed by atoms with Gasteiger partial charge in [0.25, 0.3) is 0 Å². The predicted molar refractivity (Wildman–Crippen MR) is 77.9 cm³/mol. The minimum atomic E-state index is -0.373. The highest BCUT2D eigenvalue weighted by Crippen LogP contribution is 2.28. The van der Waals surface area contributed by atoms with Gasteiger partial charge in [0.2, 0.25) is 5.91 Å². The molecule has 0 bridgehead atoms. The van der Waals surface area contributed by atoms with Crippen LogP contribution >= 0.6 is 0 Å². The molecule has 0 aromatic heterocycles. The molecule has 0 aliphatic rings. The Morgan fingerprint density at radius 1 is 1.39 bits per heavy atom. The molecule has 0 aliphatic carbocycles. The Morgan fingerprint density at radius 2 is 2.00 bits per heavy atom. The van der Waals surface area contributed by atoms with Crippen molar-refractivity contribution in [2.45, 2.75) is 34.1 Å². The summed E-state index contributed by atoms with van der Waals surface area (Å²) in [6.07, 6.45) is 2.65. The first-order chi connectivity index (χ1) is 8.29. The summed E-state index contributed by atoms with van der Waals surface area (Å²) < 4.78 is 0. The van der Waals surface area contributed by atoms with Gasteiger partial charge in [-0.25, -0.2) is 0 Å². The van der Waals surface area contributed by atoms with Crippen LogP contribution in [0.4, 0.5) is 5.69 Å². The SMILES string of the molecule is C=CCc1cccc(C)c1N(C)C(=O)C(C)(C)C. The fourth-order valence-corrected chi connectivity index (χ4v) is 2.12. The largest absolute Gasteiger partial charge is 0.314 e. The summed E-state index contributed by atoms with van der Waals surface area (Å²) in [6.45, 7) is 11.6. The normalized spacial score (nSPS) is 11.2. The zero-order chi connectivity index (χ0) is 13.9. The highest BCUT2D eigenvalue weighted by Gasteiger charge is 2.27. The molecule has 98 valence electrons. The maximum atomic E-state index is 12.4. The molecule has 18 heavy (non-hydrogen) atoms. The van der Waals surface area contributed by atoms with Crippen LogP contribution in [0.2, 0.25) is 0 Å². The van der Waals surface area contributed by atoms with Gasteiger partial charge in [0.1, 0.15) is 0 Å². The first-order valence-electron chi connectivity index (χ1n) is 6.26. The lowest BCUT2D eigenvalue weighted by atomic mass is 9.93. The van der Waals surface area contributed by atoms with Crippen LogP contribution in [-0.2, 0) is 11.2 Å². The Labute approximate surface area is 110 Å². The van der Waals surface area contributed by atoms with E-state index in [2.05, 4.69) is 12.6 Å². The molecular formula is C16H23NO. The lowest BCUT2D eigenvalue weighted by molar-refractivity contribution is -0.125. The van der Waals surface area contributed by atoms with Gasteiger partial charge in [0.15, 0.2) is 0 Å². The molecule has 2 heteroatoms. The van der Waals surface area contributed by atoms with Crippen molar-refractivity contribution in [2.24, 2.45) is 5.41 Å². The van der Waals surface area contributed by atoms with Gasteiger partial charge in [0.05, 0.1) is 0 Å². The van der Waals surface area contributed by atoms with Crippen LogP contribution in [-0.4, -0.2) is 13.0 Å². The molecule has 1 aromatic rings. The maximum Gasteiger partial charge on any atom is 0.232 e. The van der Waals surface area contributed by atoms with Gasteiger partial charge in [-0.3, -0.25) is 4.79 Å². The summed E-state index contributed by atoms with van der Waals surface area (Å²) in [5.74, 6) is 0.127. The van der Waals surface area contributed by atoms with E-state index >= 15 is 0 Å². The van der Waals surface area contributed by atoms with Gasteiger partial charge in [-0.15, -0.1) is 6.58 Å². The van der Waals surface area contributed by atoms with E-state index in [0.717, 1.165) is 23.2 Å². The summed E-state index contributed by atoms with van der Waals surface area (Å²) in [5, 5.41) is 0. The van der Waals surface area contributed by atoms with Crippen molar-refractivity contribution in [3.05, 3.63) is 42.0 Å². The minimum Gasteiger partial charge on any atom is -0.314 e. The molecule has 0 unspecified atom stereocenters. The molecule has 0 saturated carbocycles. The molecule has 0 N–H and O–H groups in total. The number of hydrogen-bond donors (Lipinski definition) is 0. The molecule has 1 rings (SSSR count). The molecule has 0 atom stereocenters. The number of rotatable bonds is 3. The summed E-state index contributed by atoms with van der Waals surface area (Å²) >= 11 is 0. The minimum absolute atomic E-state index is 0.127. The fraction of sp³-hybridized carbons (Fsp3) is 0.438. The van der Waals surface area contributed by atoms with E-state index in [4.69, 9.17) is 0 Å². The van der Waals surface area contributed by atoms with Crippen molar-refractivity contribution in [1.29, 1.82) is 0 Å². The molecule has 0 fully saturated rings. The van der Waals surface area contributed by atoms with E-state index < -0.39 is 0 Å². The summed E-state index contributed by atoms with van der Waals surface area (Å²) in [6, 6.07) is 6.11. The lowest BCUT2D eigenvalue weighted by Crippen LogP contribution is -2.37. The third kappa shape index (κ3) is 3.00. The Balaban J connectivity index is 3.23. The number of para-hydroxylation sites is 1. The molecule has 0 saturated heterocycles. The first kappa shape index (κ1) is 14.5. The second kappa shape index (κ2) is 5.38. The second-order valence-electron chi connectivity index (χ2n) is 5.69. The fourth-order valence-electron chi connectivity index (χ4n) is 2.12. The van der Waals surface area contributed by atoms with E-state index in [1.165, 1.54) is 0 Å². The van der Waals surface area contributed by atoms with Crippen LogP contribution in [0.1, 0.15) is 31.9 Å². The molecule has 0 radical (unpaired) electrons. The quantitative estimate of drug-likeness (QED) is 0.743. The lowest BCUT2D eigenvalue weighted by Gasteiger charge is -2.29. The monoisotopic (exact) mass is 245 g/mol. The van der Waals surface area contributed by atoms with Gasteiger partial charge in [-0.05, 0) is 24.5 Å². The van der Waals surface area contributed by atoms with Crippen molar-refractivity contribution in [3.8, 4) is 0 Å². The second-order valence-corrected chi connectivity index (χ2v) is 5.69. The summed E-state index contributed by atoms with van der Waals surface area (Å²) in [7, 11) is 1.85. The Bertz CT molecular complexity index is 455. The van der Waals surface area contributed by atoms with Crippen LogP contribution in [0.3, 0.4) is 0 Å². The van der Waals surface area contributed by atoms with Crippen LogP contribution < -0.4 is 4.90 Å². The Morgan fingerprint density at radius 3 is 2.50 bits per heavy atom. The van der Waals surface area contributed by atoms with Crippen molar-refractivity contribution in [1.82, 2.24) is 0 Å². The van der Waals surface area contributed by atoms with Crippen LogP contribution in [0.15, 0.2) is 30.9 Å². The van der Waals surface area contributed by atoms with E-state index in [1.54, 1.807) is 4.90 Å². The number of amides is 1. The van der Waals surface area contributed by atoms with Gasteiger partial charge < -0.3 is 4.90 Å². The van der Waals surface area contributed by atoms with Crippen molar-refractivity contribution in [2.75, 3.05) is 11.9 Å². The zero-order valence-electron chi connectivity index (χ0n) is 12.1. The molecule has 1 amide bonds. The molecule has 0 spiro atoms. The van der Waals surface area contributed by atoms with E-state index in [-0.39, 0.29) is 11.3 Å². The van der Waals surface area contributed by atoms with Crippen LogP contribution in [0.5, 0.6) is 0 Å². The molecular weight excluding hydrogens is 222 g/mol. The molecule has 1 aromatic carbocycles. The van der Waals surface area contributed by atoms with E-state index in [1.807, 2.05) is 53.0 Å². The van der Waals surface area contributed by atoms with Gasteiger partial charge in [-0.2, -0.15) is 0 Å².